The Labute approximate surface area is 119 Å². The highest BCUT2D eigenvalue weighted by atomic mass is 16.2. The van der Waals surface area contributed by atoms with Crippen LogP contribution in [0.5, 0.6) is 0 Å². The Morgan fingerprint density at radius 3 is 2.65 bits per heavy atom. The molecule has 0 aliphatic carbocycles. The quantitative estimate of drug-likeness (QED) is 0.855. The van der Waals surface area contributed by atoms with Crippen LogP contribution in [0.3, 0.4) is 0 Å². The molecule has 1 aromatic carbocycles. The number of amides is 1. The van der Waals surface area contributed by atoms with Gasteiger partial charge in [0.15, 0.2) is 0 Å². The lowest BCUT2D eigenvalue weighted by atomic mass is 10.1. The summed E-state index contributed by atoms with van der Waals surface area (Å²) in [6.45, 7) is 1.68. The minimum atomic E-state index is -0.0144. The van der Waals surface area contributed by atoms with Crippen molar-refractivity contribution in [2.24, 2.45) is 12.8 Å². The second kappa shape index (κ2) is 6.86. The fraction of sp³-hybridized carbons (Fsp3) is 0.333. The molecule has 0 spiro atoms. The number of nitrogens with zero attached hydrogens (tertiary/aromatic N) is 3. The van der Waals surface area contributed by atoms with Gasteiger partial charge in [-0.3, -0.25) is 9.48 Å². The molecular weight excluding hydrogens is 252 g/mol. The molecular formula is C15H20N4O. The second-order valence-electron chi connectivity index (χ2n) is 4.72. The largest absolute Gasteiger partial charge is 0.337 e. The third kappa shape index (κ3) is 3.68. The van der Waals surface area contributed by atoms with E-state index in [1.54, 1.807) is 29.0 Å². The van der Waals surface area contributed by atoms with Crippen LogP contribution in [0.2, 0.25) is 0 Å². The average Bonchev–Trinajstić information content (AvgIpc) is 2.90. The maximum absolute atomic E-state index is 12.4. The topological polar surface area (TPSA) is 64.2 Å². The van der Waals surface area contributed by atoms with Gasteiger partial charge in [-0.1, -0.05) is 30.3 Å². The molecule has 1 aromatic heterocycles. The Bertz CT molecular complexity index is 550. The Kier molecular flexibility index (Phi) is 4.90. The standard InChI is InChI=1S/C15H20N4O/c1-18-12-14(11-17-18)15(20)19(10-8-16)9-7-13-5-3-2-4-6-13/h2-6,11-12H,7-10,16H2,1H3. The van der Waals surface area contributed by atoms with Gasteiger partial charge in [0.2, 0.25) is 0 Å². The molecule has 0 atom stereocenters. The van der Waals surface area contributed by atoms with Crippen LogP contribution in [0.25, 0.3) is 0 Å². The molecule has 0 fully saturated rings. The van der Waals surface area contributed by atoms with Crippen LogP contribution >= 0.6 is 0 Å². The molecule has 0 aliphatic rings. The van der Waals surface area contributed by atoms with Crippen molar-refractivity contribution in [1.29, 1.82) is 0 Å². The van der Waals surface area contributed by atoms with E-state index in [-0.39, 0.29) is 5.91 Å². The number of aromatic nitrogens is 2. The molecule has 2 rings (SSSR count). The van der Waals surface area contributed by atoms with Crippen molar-refractivity contribution in [3.63, 3.8) is 0 Å². The summed E-state index contributed by atoms with van der Waals surface area (Å²) in [5, 5.41) is 4.04. The Balaban J connectivity index is 2.01. The van der Waals surface area contributed by atoms with E-state index in [0.29, 0.717) is 25.2 Å². The second-order valence-corrected chi connectivity index (χ2v) is 4.72. The van der Waals surface area contributed by atoms with Crippen molar-refractivity contribution in [1.82, 2.24) is 14.7 Å². The summed E-state index contributed by atoms with van der Waals surface area (Å²) >= 11 is 0. The number of nitrogens with two attached hydrogens (primary N) is 1. The molecule has 106 valence electrons. The van der Waals surface area contributed by atoms with Crippen molar-refractivity contribution in [2.45, 2.75) is 6.42 Å². The zero-order chi connectivity index (χ0) is 14.4. The van der Waals surface area contributed by atoms with Crippen LogP contribution in [-0.4, -0.2) is 40.2 Å². The molecule has 1 heterocycles. The maximum atomic E-state index is 12.4. The molecule has 1 amide bonds. The van der Waals surface area contributed by atoms with Crippen LogP contribution in [0.4, 0.5) is 0 Å². The van der Waals surface area contributed by atoms with Gasteiger partial charge in [-0.2, -0.15) is 5.10 Å². The highest BCUT2D eigenvalue weighted by Crippen LogP contribution is 2.06. The predicted octanol–water partition coefficient (Wildman–Crippen LogP) is 1.06. The summed E-state index contributed by atoms with van der Waals surface area (Å²) < 4.78 is 1.63. The van der Waals surface area contributed by atoms with E-state index in [1.807, 2.05) is 18.2 Å². The Morgan fingerprint density at radius 2 is 2.05 bits per heavy atom. The van der Waals surface area contributed by atoms with Gasteiger partial charge in [-0.05, 0) is 12.0 Å². The first kappa shape index (κ1) is 14.3. The van der Waals surface area contributed by atoms with Gasteiger partial charge in [0.1, 0.15) is 0 Å². The summed E-state index contributed by atoms with van der Waals surface area (Å²) in [6.07, 6.45) is 4.15. The van der Waals surface area contributed by atoms with E-state index >= 15 is 0 Å². The molecule has 2 N–H and O–H groups in total. The molecule has 2 aromatic rings. The van der Waals surface area contributed by atoms with Gasteiger partial charge in [0.25, 0.3) is 5.91 Å². The van der Waals surface area contributed by atoms with Gasteiger partial charge in [0, 0.05) is 32.9 Å². The van der Waals surface area contributed by atoms with Crippen molar-refractivity contribution >= 4 is 5.91 Å². The molecule has 0 saturated carbocycles. The zero-order valence-corrected chi connectivity index (χ0v) is 11.7. The van der Waals surface area contributed by atoms with Gasteiger partial charge >= 0.3 is 0 Å². The van der Waals surface area contributed by atoms with E-state index in [9.17, 15) is 4.79 Å². The summed E-state index contributed by atoms with van der Waals surface area (Å²) in [4.78, 5) is 14.2. The first-order valence-corrected chi connectivity index (χ1v) is 6.72. The Morgan fingerprint density at radius 1 is 1.30 bits per heavy atom. The van der Waals surface area contributed by atoms with Gasteiger partial charge in [0.05, 0.1) is 11.8 Å². The number of benzene rings is 1. The van der Waals surface area contributed by atoms with E-state index in [2.05, 4.69) is 17.2 Å². The minimum Gasteiger partial charge on any atom is -0.337 e. The first-order valence-electron chi connectivity index (χ1n) is 6.72. The van der Waals surface area contributed by atoms with Crippen LogP contribution in [0.15, 0.2) is 42.7 Å². The highest BCUT2D eigenvalue weighted by Gasteiger charge is 2.16. The van der Waals surface area contributed by atoms with E-state index in [1.165, 1.54) is 5.56 Å². The SMILES string of the molecule is Cn1cc(C(=O)N(CCN)CCc2ccccc2)cn1. The van der Waals surface area contributed by atoms with Gasteiger partial charge < -0.3 is 10.6 Å². The fourth-order valence-electron chi connectivity index (χ4n) is 2.09. The molecule has 0 radical (unpaired) electrons. The summed E-state index contributed by atoms with van der Waals surface area (Å²) in [5.41, 5.74) is 7.43. The minimum absolute atomic E-state index is 0.0144. The van der Waals surface area contributed by atoms with Crippen molar-refractivity contribution < 1.29 is 4.79 Å². The number of hydrogen-bond acceptors (Lipinski definition) is 3. The number of carbonyl (C=O) groups excluding carboxylic acids is 1. The van der Waals surface area contributed by atoms with Crippen molar-refractivity contribution in [3.8, 4) is 0 Å². The molecule has 0 unspecified atom stereocenters. The number of rotatable bonds is 6. The molecule has 0 bridgehead atoms. The third-order valence-corrected chi connectivity index (χ3v) is 3.15. The smallest absolute Gasteiger partial charge is 0.257 e. The molecule has 20 heavy (non-hydrogen) atoms. The van der Waals surface area contributed by atoms with Crippen LogP contribution in [-0.2, 0) is 13.5 Å². The van der Waals surface area contributed by atoms with E-state index in [0.717, 1.165) is 6.42 Å². The molecule has 5 heteroatoms. The van der Waals surface area contributed by atoms with E-state index < -0.39 is 0 Å². The average molecular weight is 272 g/mol. The lowest BCUT2D eigenvalue weighted by Gasteiger charge is -2.21. The van der Waals surface area contributed by atoms with Crippen molar-refractivity contribution in [3.05, 3.63) is 53.9 Å². The molecule has 0 saturated heterocycles. The Hall–Kier alpha value is -2.14. The predicted molar refractivity (Wildman–Crippen MR) is 78.3 cm³/mol. The zero-order valence-electron chi connectivity index (χ0n) is 11.7. The summed E-state index contributed by atoms with van der Waals surface area (Å²) in [5.74, 6) is -0.0144. The van der Waals surface area contributed by atoms with Crippen LogP contribution in [0, 0.1) is 0 Å². The monoisotopic (exact) mass is 272 g/mol. The fourth-order valence-corrected chi connectivity index (χ4v) is 2.09. The molecule has 0 aliphatic heterocycles. The van der Waals surface area contributed by atoms with Crippen molar-refractivity contribution in [2.75, 3.05) is 19.6 Å². The first-order chi connectivity index (χ1) is 9.70. The summed E-state index contributed by atoms with van der Waals surface area (Å²) in [6, 6.07) is 10.1. The van der Waals surface area contributed by atoms with Gasteiger partial charge in [-0.25, -0.2) is 0 Å². The third-order valence-electron chi connectivity index (χ3n) is 3.15. The van der Waals surface area contributed by atoms with Crippen LogP contribution in [0.1, 0.15) is 15.9 Å². The lowest BCUT2D eigenvalue weighted by Crippen LogP contribution is -2.36. The van der Waals surface area contributed by atoms with Gasteiger partial charge in [-0.15, -0.1) is 0 Å². The number of carbonyl (C=O) groups is 1. The normalized spacial score (nSPS) is 10.5. The lowest BCUT2D eigenvalue weighted by molar-refractivity contribution is 0.0762. The molecule has 5 nitrogen and oxygen atoms in total. The van der Waals surface area contributed by atoms with E-state index in [4.69, 9.17) is 5.73 Å². The maximum Gasteiger partial charge on any atom is 0.257 e. The summed E-state index contributed by atoms with van der Waals surface area (Å²) in [7, 11) is 1.80. The number of aryl methyl sites for hydroxylation is 1. The number of hydrogen-bond donors (Lipinski definition) is 1. The van der Waals surface area contributed by atoms with Crippen LogP contribution < -0.4 is 5.73 Å². The highest BCUT2D eigenvalue weighted by molar-refractivity contribution is 5.93.